The van der Waals surface area contributed by atoms with Crippen molar-refractivity contribution >= 4 is 11.3 Å². The molecule has 0 aromatic carbocycles. The molecule has 1 N–H and O–H groups in total. The van der Waals surface area contributed by atoms with Gasteiger partial charge in [0.15, 0.2) is 0 Å². The Labute approximate surface area is 164 Å². The van der Waals surface area contributed by atoms with Gasteiger partial charge in [0, 0.05) is 36.5 Å². The highest BCUT2D eigenvalue weighted by Crippen LogP contribution is 2.54. The molecule has 5 heteroatoms. The second-order valence-corrected chi connectivity index (χ2v) is 9.19. The summed E-state index contributed by atoms with van der Waals surface area (Å²) in [5.74, 6) is 1.33. The van der Waals surface area contributed by atoms with Crippen molar-refractivity contribution < 1.29 is 14.3 Å². The second-order valence-electron chi connectivity index (χ2n) is 8.21. The second kappa shape index (κ2) is 7.80. The number of aromatic hydroxyl groups is 1. The van der Waals surface area contributed by atoms with E-state index in [9.17, 15) is 9.90 Å². The van der Waals surface area contributed by atoms with E-state index in [1.165, 1.54) is 19.3 Å². The Kier molecular flexibility index (Phi) is 5.42. The van der Waals surface area contributed by atoms with Crippen LogP contribution in [0, 0.1) is 11.3 Å². The summed E-state index contributed by atoms with van der Waals surface area (Å²) in [7, 11) is 0. The fourth-order valence-corrected chi connectivity index (χ4v) is 5.47. The third-order valence-corrected chi connectivity index (χ3v) is 7.22. The van der Waals surface area contributed by atoms with Crippen molar-refractivity contribution in [2.75, 3.05) is 13.2 Å². The molecule has 27 heavy (non-hydrogen) atoms. The van der Waals surface area contributed by atoms with Crippen LogP contribution in [0.15, 0.2) is 32.8 Å². The third-order valence-electron chi connectivity index (χ3n) is 6.23. The molecule has 2 fully saturated rings. The lowest BCUT2D eigenvalue weighted by molar-refractivity contribution is 0.0565. The number of hydrogen-bond acceptors (Lipinski definition) is 5. The molecule has 0 bridgehead atoms. The van der Waals surface area contributed by atoms with Crippen molar-refractivity contribution in [2.45, 2.75) is 57.8 Å². The molecule has 0 spiro atoms. The Morgan fingerprint density at radius 1 is 1.33 bits per heavy atom. The number of hydrogen-bond donors (Lipinski definition) is 1. The topological polar surface area (TPSA) is 59.7 Å². The van der Waals surface area contributed by atoms with Crippen LogP contribution in [0.25, 0.3) is 0 Å². The van der Waals surface area contributed by atoms with Crippen LogP contribution in [0.3, 0.4) is 0 Å². The predicted molar refractivity (Wildman–Crippen MR) is 107 cm³/mol. The van der Waals surface area contributed by atoms with E-state index in [0.29, 0.717) is 17.2 Å². The smallest absolute Gasteiger partial charge is 0.343 e. The van der Waals surface area contributed by atoms with E-state index >= 15 is 0 Å². The summed E-state index contributed by atoms with van der Waals surface area (Å²) in [5, 5.41) is 12.6. The van der Waals surface area contributed by atoms with Gasteiger partial charge in [-0.25, -0.2) is 4.79 Å². The van der Waals surface area contributed by atoms with Crippen molar-refractivity contribution in [3.05, 3.63) is 50.2 Å². The minimum atomic E-state index is -0.382. The van der Waals surface area contributed by atoms with Gasteiger partial charge in [0.25, 0.3) is 0 Å². The first-order valence-electron chi connectivity index (χ1n) is 10.1. The minimum absolute atomic E-state index is 0.0865. The standard InChI is InChI=1S/C22H28O4S/c1-2-17(19-4-3-11-27-19)20-18(23)12-16(26-21(20)24)14-22(7-8-22)13-15-5-9-25-10-6-15/h3-4,11-12,15,17,23H,2,5-10,13-14H2,1H3. The number of thiophene rings is 1. The normalized spacial score (nSPS) is 20.5. The maximum Gasteiger partial charge on any atom is 0.343 e. The van der Waals surface area contributed by atoms with Crippen LogP contribution in [0.2, 0.25) is 0 Å². The minimum Gasteiger partial charge on any atom is -0.507 e. The first kappa shape index (κ1) is 18.8. The molecule has 146 valence electrons. The Balaban J connectivity index is 1.52. The highest BCUT2D eigenvalue weighted by Gasteiger charge is 2.45. The number of rotatable bonds is 7. The predicted octanol–water partition coefficient (Wildman–Crippen LogP) is 5.09. The highest BCUT2D eigenvalue weighted by molar-refractivity contribution is 7.10. The van der Waals surface area contributed by atoms with Gasteiger partial charge in [-0.15, -0.1) is 11.3 Å². The number of ether oxygens (including phenoxy) is 1. The van der Waals surface area contributed by atoms with Crippen molar-refractivity contribution in [3.8, 4) is 5.75 Å². The average molecular weight is 389 g/mol. The summed E-state index contributed by atoms with van der Waals surface area (Å²) in [6.45, 7) is 3.77. The molecule has 1 saturated carbocycles. The van der Waals surface area contributed by atoms with Crippen molar-refractivity contribution in [2.24, 2.45) is 11.3 Å². The molecular weight excluding hydrogens is 360 g/mol. The van der Waals surface area contributed by atoms with Crippen LogP contribution < -0.4 is 5.63 Å². The molecule has 2 aliphatic rings. The lowest BCUT2D eigenvalue weighted by Crippen LogP contribution is -2.21. The molecule has 1 atom stereocenters. The van der Waals surface area contributed by atoms with Gasteiger partial charge in [0.1, 0.15) is 11.5 Å². The van der Waals surface area contributed by atoms with E-state index in [4.69, 9.17) is 9.15 Å². The fourth-order valence-electron chi connectivity index (χ4n) is 4.55. The van der Waals surface area contributed by atoms with Gasteiger partial charge in [0.2, 0.25) is 0 Å². The molecule has 1 unspecified atom stereocenters. The molecule has 4 rings (SSSR count). The summed E-state index contributed by atoms with van der Waals surface area (Å²) >= 11 is 1.61. The SMILES string of the molecule is CCC(c1cccs1)c1c(O)cc(CC2(CC3CCOCC3)CC2)oc1=O. The van der Waals surface area contributed by atoms with Crippen LogP contribution in [0.1, 0.15) is 67.6 Å². The Morgan fingerprint density at radius 3 is 2.70 bits per heavy atom. The molecule has 1 aliphatic heterocycles. The highest BCUT2D eigenvalue weighted by atomic mass is 32.1. The molecular formula is C22H28O4S. The van der Waals surface area contributed by atoms with E-state index in [0.717, 1.165) is 43.8 Å². The molecule has 1 aliphatic carbocycles. The summed E-state index contributed by atoms with van der Waals surface area (Å²) in [6.07, 6.45) is 7.32. The fraction of sp³-hybridized carbons (Fsp3) is 0.591. The molecule has 4 nitrogen and oxygen atoms in total. The summed E-state index contributed by atoms with van der Waals surface area (Å²) < 4.78 is 11.2. The van der Waals surface area contributed by atoms with Crippen LogP contribution in [0.4, 0.5) is 0 Å². The third kappa shape index (κ3) is 4.14. The monoisotopic (exact) mass is 388 g/mol. The zero-order chi connectivity index (χ0) is 18.9. The lowest BCUT2D eigenvalue weighted by Gasteiger charge is -2.26. The molecule has 0 amide bonds. The quantitative estimate of drug-likeness (QED) is 0.718. The van der Waals surface area contributed by atoms with E-state index in [2.05, 4.69) is 0 Å². The van der Waals surface area contributed by atoms with E-state index in [1.54, 1.807) is 17.4 Å². The molecule has 2 aromatic heterocycles. The molecule has 2 aromatic rings. The molecule has 0 radical (unpaired) electrons. The van der Waals surface area contributed by atoms with Gasteiger partial charge >= 0.3 is 5.63 Å². The zero-order valence-electron chi connectivity index (χ0n) is 15.9. The summed E-state index contributed by atoms with van der Waals surface area (Å²) in [5.41, 5.74) is 0.272. The summed E-state index contributed by atoms with van der Waals surface area (Å²) in [4.78, 5) is 13.8. The van der Waals surface area contributed by atoms with E-state index in [-0.39, 0.29) is 22.7 Å². The van der Waals surface area contributed by atoms with Crippen LogP contribution in [-0.4, -0.2) is 18.3 Å². The van der Waals surface area contributed by atoms with Gasteiger partial charge in [0.05, 0.1) is 5.56 Å². The van der Waals surface area contributed by atoms with Gasteiger partial charge < -0.3 is 14.3 Å². The Bertz CT molecular complexity index is 813. The first-order chi connectivity index (χ1) is 13.1. The van der Waals surface area contributed by atoms with Crippen molar-refractivity contribution in [1.82, 2.24) is 0 Å². The first-order valence-corrected chi connectivity index (χ1v) is 11.0. The van der Waals surface area contributed by atoms with Crippen LogP contribution in [0.5, 0.6) is 5.75 Å². The Hall–Kier alpha value is -1.59. The van der Waals surface area contributed by atoms with Gasteiger partial charge in [-0.05, 0) is 61.3 Å². The van der Waals surface area contributed by atoms with Gasteiger partial charge in [-0.2, -0.15) is 0 Å². The Morgan fingerprint density at radius 2 is 2.11 bits per heavy atom. The van der Waals surface area contributed by atoms with E-state index in [1.807, 2.05) is 24.4 Å². The van der Waals surface area contributed by atoms with E-state index < -0.39 is 0 Å². The summed E-state index contributed by atoms with van der Waals surface area (Å²) in [6, 6.07) is 5.68. The van der Waals surface area contributed by atoms with Gasteiger partial charge in [-0.1, -0.05) is 13.0 Å². The molecule has 3 heterocycles. The molecule has 1 saturated heterocycles. The lowest BCUT2D eigenvalue weighted by atomic mass is 9.84. The van der Waals surface area contributed by atoms with Crippen LogP contribution in [-0.2, 0) is 11.2 Å². The average Bonchev–Trinajstić information content (AvgIpc) is 3.17. The maximum absolute atomic E-state index is 12.7. The maximum atomic E-state index is 12.7. The van der Waals surface area contributed by atoms with Gasteiger partial charge in [-0.3, -0.25) is 0 Å². The van der Waals surface area contributed by atoms with Crippen LogP contribution >= 0.6 is 11.3 Å². The largest absolute Gasteiger partial charge is 0.507 e. The van der Waals surface area contributed by atoms with Crippen molar-refractivity contribution in [3.63, 3.8) is 0 Å². The zero-order valence-corrected chi connectivity index (χ0v) is 16.7. The van der Waals surface area contributed by atoms with Crippen molar-refractivity contribution in [1.29, 1.82) is 0 Å².